The summed E-state index contributed by atoms with van der Waals surface area (Å²) in [6.07, 6.45) is 1.38. The molecule has 1 aromatic carbocycles. The third-order valence-electron chi connectivity index (χ3n) is 2.63. The van der Waals surface area contributed by atoms with Crippen LogP contribution in [0.15, 0.2) is 28.9 Å². The molecule has 0 saturated carbocycles. The second-order valence-corrected chi connectivity index (χ2v) is 4.15. The molecule has 5 nitrogen and oxygen atoms in total. The third-order valence-corrected chi connectivity index (χ3v) is 2.85. The average Bonchev–Trinajstić information content (AvgIpc) is 2.86. The van der Waals surface area contributed by atoms with E-state index in [1.807, 2.05) is 0 Å². The molecule has 19 heavy (non-hydrogen) atoms. The van der Waals surface area contributed by atoms with Crippen molar-refractivity contribution in [1.82, 2.24) is 0 Å². The Morgan fingerprint density at radius 2 is 1.84 bits per heavy atom. The fourth-order valence-electron chi connectivity index (χ4n) is 1.84. The van der Waals surface area contributed by atoms with Crippen LogP contribution >= 0.6 is 11.6 Å². The van der Waals surface area contributed by atoms with Crippen molar-refractivity contribution < 1.29 is 18.7 Å². The van der Waals surface area contributed by atoms with E-state index in [2.05, 4.69) is 0 Å². The third kappa shape index (κ3) is 2.37. The van der Waals surface area contributed by atoms with Gasteiger partial charge in [0.1, 0.15) is 11.5 Å². The molecule has 0 fully saturated rings. The lowest BCUT2D eigenvalue weighted by molar-refractivity contribution is 0.0975. The van der Waals surface area contributed by atoms with Crippen LogP contribution in [-0.2, 0) is 0 Å². The first-order chi connectivity index (χ1) is 9.08. The molecule has 0 aliphatic rings. The number of rotatable bonds is 4. The molecule has 0 radical (unpaired) electrons. The standard InChI is InChI=1S/C13H12ClNO4/c1-17-9-5-7(14)6-10(18-2)11(9)8-3-4-19-12(8)13(15)16/h3-6H,1-2H3,(H2,15,16). The summed E-state index contributed by atoms with van der Waals surface area (Å²) in [5.74, 6) is 0.305. The predicted molar refractivity (Wildman–Crippen MR) is 70.8 cm³/mol. The Morgan fingerprint density at radius 3 is 2.32 bits per heavy atom. The van der Waals surface area contributed by atoms with Gasteiger partial charge in [0.15, 0.2) is 5.76 Å². The van der Waals surface area contributed by atoms with Crippen molar-refractivity contribution in [3.05, 3.63) is 35.2 Å². The molecule has 1 aromatic heterocycles. The fourth-order valence-corrected chi connectivity index (χ4v) is 2.04. The van der Waals surface area contributed by atoms with Crippen LogP contribution in [0.1, 0.15) is 10.6 Å². The average molecular weight is 282 g/mol. The maximum Gasteiger partial charge on any atom is 0.285 e. The van der Waals surface area contributed by atoms with Gasteiger partial charge in [0.25, 0.3) is 5.91 Å². The number of primary amides is 1. The molecule has 0 aliphatic carbocycles. The van der Waals surface area contributed by atoms with E-state index in [1.54, 1.807) is 18.2 Å². The van der Waals surface area contributed by atoms with Crippen LogP contribution in [0.2, 0.25) is 5.02 Å². The molecular formula is C13H12ClNO4. The Balaban J connectivity index is 2.73. The molecule has 0 spiro atoms. The quantitative estimate of drug-likeness (QED) is 0.935. The van der Waals surface area contributed by atoms with Gasteiger partial charge >= 0.3 is 0 Å². The summed E-state index contributed by atoms with van der Waals surface area (Å²) in [6, 6.07) is 4.86. The minimum absolute atomic E-state index is 0.0407. The highest BCUT2D eigenvalue weighted by Gasteiger charge is 2.21. The van der Waals surface area contributed by atoms with Crippen molar-refractivity contribution in [2.45, 2.75) is 0 Å². The van der Waals surface area contributed by atoms with E-state index < -0.39 is 5.91 Å². The topological polar surface area (TPSA) is 74.7 Å². The second-order valence-electron chi connectivity index (χ2n) is 3.71. The monoisotopic (exact) mass is 281 g/mol. The molecule has 0 saturated heterocycles. The van der Waals surface area contributed by atoms with Gasteiger partial charge in [0, 0.05) is 10.6 Å². The molecule has 2 N–H and O–H groups in total. The molecule has 1 amide bonds. The smallest absolute Gasteiger partial charge is 0.285 e. The maximum atomic E-state index is 11.3. The minimum atomic E-state index is -0.668. The van der Waals surface area contributed by atoms with Gasteiger partial charge in [-0.05, 0) is 18.2 Å². The number of carbonyl (C=O) groups is 1. The number of ether oxygens (including phenoxy) is 2. The first-order valence-electron chi connectivity index (χ1n) is 5.37. The summed E-state index contributed by atoms with van der Waals surface area (Å²) in [4.78, 5) is 11.3. The van der Waals surface area contributed by atoms with Gasteiger partial charge in [-0.1, -0.05) is 11.6 Å². The SMILES string of the molecule is COc1cc(Cl)cc(OC)c1-c1ccoc1C(N)=O. The lowest BCUT2D eigenvalue weighted by atomic mass is 10.0. The van der Waals surface area contributed by atoms with Gasteiger partial charge < -0.3 is 19.6 Å². The second kappa shape index (κ2) is 5.24. The summed E-state index contributed by atoms with van der Waals surface area (Å²) in [5, 5.41) is 0.460. The zero-order valence-corrected chi connectivity index (χ0v) is 11.2. The highest BCUT2D eigenvalue weighted by Crippen LogP contribution is 2.42. The molecular weight excluding hydrogens is 270 g/mol. The summed E-state index contributed by atoms with van der Waals surface area (Å²) in [6.45, 7) is 0. The van der Waals surface area contributed by atoms with E-state index >= 15 is 0 Å². The van der Waals surface area contributed by atoms with Crippen LogP contribution in [0.25, 0.3) is 11.1 Å². The first-order valence-corrected chi connectivity index (χ1v) is 5.75. The van der Waals surface area contributed by atoms with Gasteiger partial charge in [-0.2, -0.15) is 0 Å². The van der Waals surface area contributed by atoms with Crippen molar-refractivity contribution in [2.75, 3.05) is 14.2 Å². The molecule has 2 rings (SSSR count). The van der Waals surface area contributed by atoms with Crippen molar-refractivity contribution in [3.63, 3.8) is 0 Å². The zero-order chi connectivity index (χ0) is 14.0. The van der Waals surface area contributed by atoms with Crippen molar-refractivity contribution >= 4 is 17.5 Å². The number of nitrogens with two attached hydrogens (primary N) is 1. The maximum absolute atomic E-state index is 11.3. The van der Waals surface area contributed by atoms with Crippen LogP contribution in [-0.4, -0.2) is 20.1 Å². The van der Waals surface area contributed by atoms with Gasteiger partial charge in [-0.25, -0.2) is 0 Å². The summed E-state index contributed by atoms with van der Waals surface area (Å²) >= 11 is 5.97. The number of hydrogen-bond donors (Lipinski definition) is 1. The molecule has 0 aliphatic heterocycles. The van der Waals surface area contributed by atoms with E-state index in [0.29, 0.717) is 27.6 Å². The van der Waals surface area contributed by atoms with E-state index in [1.165, 1.54) is 20.5 Å². The Labute approximate surface area is 114 Å². The van der Waals surface area contributed by atoms with Crippen molar-refractivity contribution in [2.24, 2.45) is 5.73 Å². The Hall–Kier alpha value is -2.14. The van der Waals surface area contributed by atoms with Gasteiger partial charge in [-0.15, -0.1) is 0 Å². The van der Waals surface area contributed by atoms with Gasteiger partial charge in [0.05, 0.1) is 26.0 Å². The van der Waals surface area contributed by atoms with E-state index in [9.17, 15) is 4.79 Å². The number of benzene rings is 1. The van der Waals surface area contributed by atoms with Crippen LogP contribution in [0.4, 0.5) is 0 Å². The van der Waals surface area contributed by atoms with E-state index in [-0.39, 0.29) is 5.76 Å². The molecule has 100 valence electrons. The number of carbonyl (C=O) groups excluding carboxylic acids is 1. The summed E-state index contributed by atoms with van der Waals surface area (Å²) in [5.41, 5.74) is 6.33. The zero-order valence-electron chi connectivity index (χ0n) is 10.4. The van der Waals surface area contributed by atoms with E-state index in [4.69, 9.17) is 31.2 Å². The normalized spacial score (nSPS) is 10.3. The van der Waals surface area contributed by atoms with E-state index in [0.717, 1.165) is 0 Å². The predicted octanol–water partition coefficient (Wildman–Crippen LogP) is 2.72. The number of methoxy groups -OCH3 is 2. The molecule has 6 heteroatoms. The number of amides is 1. The number of halogens is 1. The molecule has 1 heterocycles. The lowest BCUT2D eigenvalue weighted by Crippen LogP contribution is -2.11. The largest absolute Gasteiger partial charge is 0.496 e. The van der Waals surface area contributed by atoms with Crippen LogP contribution < -0.4 is 15.2 Å². The molecule has 0 bridgehead atoms. The summed E-state index contributed by atoms with van der Waals surface area (Å²) < 4.78 is 15.6. The minimum Gasteiger partial charge on any atom is -0.496 e. The Morgan fingerprint density at radius 1 is 1.26 bits per heavy atom. The molecule has 2 aromatic rings. The van der Waals surface area contributed by atoms with Gasteiger partial charge in [0.2, 0.25) is 0 Å². The lowest BCUT2D eigenvalue weighted by Gasteiger charge is -2.13. The van der Waals surface area contributed by atoms with Gasteiger partial charge in [-0.3, -0.25) is 4.79 Å². The molecule has 0 unspecified atom stereocenters. The van der Waals surface area contributed by atoms with Crippen LogP contribution in [0, 0.1) is 0 Å². The Kier molecular flexibility index (Phi) is 3.66. The summed E-state index contributed by atoms with van der Waals surface area (Å²) in [7, 11) is 3.00. The van der Waals surface area contributed by atoms with Crippen molar-refractivity contribution in [1.29, 1.82) is 0 Å². The fraction of sp³-hybridized carbons (Fsp3) is 0.154. The molecule has 0 atom stereocenters. The van der Waals surface area contributed by atoms with Crippen LogP contribution in [0.5, 0.6) is 11.5 Å². The van der Waals surface area contributed by atoms with Crippen LogP contribution in [0.3, 0.4) is 0 Å². The first kappa shape index (κ1) is 13.3. The highest BCUT2D eigenvalue weighted by molar-refractivity contribution is 6.31. The van der Waals surface area contributed by atoms with Crippen molar-refractivity contribution in [3.8, 4) is 22.6 Å². The Bertz CT molecular complexity index is 596. The number of hydrogen-bond acceptors (Lipinski definition) is 4. The number of furan rings is 1. The highest BCUT2D eigenvalue weighted by atomic mass is 35.5.